The van der Waals surface area contributed by atoms with Gasteiger partial charge in [0.2, 0.25) is 11.7 Å². The molecule has 0 amide bonds. The lowest BCUT2D eigenvalue weighted by Gasteiger charge is -2.05. The van der Waals surface area contributed by atoms with Crippen molar-refractivity contribution in [2.45, 2.75) is 32.2 Å². The highest BCUT2D eigenvalue weighted by molar-refractivity contribution is 5.56. The van der Waals surface area contributed by atoms with E-state index in [1.807, 2.05) is 0 Å². The van der Waals surface area contributed by atoms with Crippen molar-refractivity contribution in [2.75, 3.05) is 0 Å². The van der Waals surface area contributed by atoms with Crippen LogP contribution in [0, 0.1) is 10.1 Å². The molecule has 7 heteroatoms. The van der Waals surface area contributed by atoms with Crippen LogP contribution in [0.2, 0.25) is 0 Å². The third-order valence-corrected chi connectivity index (χ3v) is 2.90. The smallest absolute Gasteiger partial charge is 0.269 e. The lowest BCUT2D eigenvalue weighted by atomic mass is 10.1. The van der Waals surface area contributed by atoms with E-state index in [2.05, 4.69) is 17.1 Å². The van der Waals surface area contributed by atoms with E-state index < -0.39 is 4.92 Å². The summed E-state index contributed by atoms with van der Waals surface area (Å²) in [6.07, 6.45) is 2.44. The van der Waals surface area contributed by atoms with Crippen LogP contribution < -0.4 is 5.73 Å². The molecule has 106 valence electrons. The molecule has 0 saturated carbocycles. The Hall–Kier alpha value is -2.28. The first-order valence-corrected chi connectivity index (χ1v) is 6.43. The molecule has 0 aliphatic rings. The van der Waals surface area contributed by atoms with E-state index >= 15 is 0 Å². The molecule has 0 radical (unpaired) electrons. The number of hydrogen-bond acceptors (Lipinski definition) is 6. The number of nitro groups is 1. The van der Waals surface area contributed by atoms with E-state index in [1.54, 1.807) is 12.1 Å². The first kappa shape index (κ1) is 14.1. The molecule has 0 aliphatic heterocycles. The lowest BCUT2D eigenvalue weighted by Crippen LogP contribution is -2.22. The van der Waals surface area contributed by atoms with Crippen LogP contribution in [0.3, 0.4) is 0 Å². The van der Waals surface area contributed by atoms with Crippen molar-refractivity contribution in [3.63, 3.8) is 0 Å². The zero-order valence-electron chi connectivity index (χ0n) is 11.2. The van der Waals surface area contributed by atoms with Crippen LogP contribution in [0.4, 0.5) is 5.69 Å². The number of nitro benzene ring substituents is 1. The van der Waals surface area contributed by atoms with Gasteiger partial charge in [-0.3, -0.25) is 10.1 Å². The maximum atomic E-state index is 10.6. The summed E-state index contributed by atoms with van der Waals surface area (Å²) in [6.45, 7) is 2.07. The Morgan fingerprint density at radius 2 is 2.10 bits per heavy atom. The van der Waals surface area contributed by atoms with Gasteiger partial charge in [-0.1, -0.05) is 18.5 Å². The first-order chi connectivity index (χ1) is 9.60. The van der Waals surface area contributed by atoms with E-state index in [4.69, 9.17) is 10.3 Å². The maximum absolute atomic E-state index is 10.6. The van der Waals surface area contributed by atoms with Gasteiger partial charge in [0.1, 0.15) is 0 Å². The van der Waals surface area contributed by atoms with E-state index in [9.17, 15) is 10.1 Å². The van der Waals surface area contributed by atoms with E-state index in [-0.39, 0.29) is 11.7 Å². The van der Waals surface area contributed by atoms with Gasteiger partial charge < -0.3 is 10.3 Å². The van der Waals surface area contributed by atoms with Gasteiger partial charge in [-0.05, 0) is 18.6 Å². The summed E-state index contributed by atoms with van der Waals surface area (Å²) in [5.74, 6) is 0.901. The van der Waals surface area contributed by atoms with Crippen LogP contribution in [0.15, 0.2) is 28.8 Å². The highest BCUT2D eigenvalue weighted by Crippen LogP contribution is 2.20. The molecule has 2 N–H and O–H groups in total. The zero-order valence-corrected chi connectivity index (χ0v) is 11.2. The second-order valence-electron chi connectivity index (χ2n) is 4.57. The SMILES string of the molecule is CCCC(N)Cc1nc(-c2ccc([N+](=O)[O-])cc2)no1. The van der Waals surface area contributed by atoms with Crippen LogP contribution in [0.5, 0.6) is 0 Å². The predicted molar refractivity (Wildman–Crippen MR) is 73.0 cm³/mol. The highest BCUT2D eigenvalue weighted by Gasteiger charge is 2.13. The minimum absolute atomic E-state index is 0.00478. The summed E-state index contributed by atoms with van der Waals surface area (Å²) in [7, 11) is 0. The Kier molecular flexibility index (Phi) is 4.41. The Morgan fingerprint density at radius 3 is 2.70 bits per heavy atom. The van der Waals surface area contributed by atoms with Crippen molar-refractivity contribution in [1.82, 2.24) is 10.1 Å². The van der Waals surface area contributed by atoms with Crippen molar-refractivity contribution < 1.29 is 9.45 Å². The lowest BCUT2D eigenvalue weighted by molar-refractivity contribution is -0.384. The number of rotatable bonds is 6. The fourth-order valence-electron chi connectivity index (χ4n) is 1.88. The van der Waals surface area contributed by atoms with Crippen molar-refractivity contribution in [1.29, 1.82) is 0 Å². The van der Waals surface area contributed by atoms with Gasteiger partial charge >= 0.3 is 0 Å². The molecule has 0 fully saturated rings. The second-order valence-corrected chi connectivity index (χ2v) is 4.57. The molecule has 20 heavy (non-hydrogen) atoms. The first-order valence-electron chi connectivity index (χ1n) is 6.43. The molecule has 7 nitrogen and oxygen atoms in total. The van der Waals surface area contributed by atoms with Crippen molar-refractivity contribution in [3.8, 4) is 11.4 Å². The molecule has 0 spiro atoms. The van der Waals surface area contributed by atoms with Gasteiger partial charge in [-0.25, -0.2) is 0 Å². The minimum atomic E-state index is -0.449. The van der Waals surface area contributed by atoms with Gasteiger partial charge in [0.25, 0.3) is 5.69 Å². The highest BCUT2D eigenvalue weighted by atomic mass is 16.6. The van der Waals surface area contributed by atoms with E-state index in [0.717, 1.165) is 12.8 Å². The molecule has 1 unspecified atom stereocenters. The third kappa shape index (κ3) is 3.39. The molecule has 0 aliphatic carbocycles. The van der Waals surface area contributed by atoms with Crippen LogP contribution >= 0.6 is 0 Å². The number of nitrogens with two attached hydrogens (primary N) is 1. The van der Waals surface area contributed by atoms with Crippen molar-refractivity contribution >= 4 is 5.69 Å². The molecule has 1 atom stereocenters. The van der Waals surface area contributed by atoms with E-state index in [0.29, 0.717) is 23.7 Å². The van der Waals surface area contributed by atoms with Crippen molar-refractivity contribution in [2.24, 2.45) is 5.73 Å². The predicted octanol–water partition coefficient (Wildman–Crippen LogP) is 2.31. The molecule has 0 bridgehead atoms. The minimum Gasteiger partial charge on any atom is -0.339 e. The Bertz CT molecular complexity index is 580. The molecule has 2 aromatic rings. The Morgan fingerprint density at radius 1 is 1.40 bits per heavy atom. The normalized spacial score (nSPS) is 12.3. The van der Waals surface area contributed by atoms with Gasteiger partial charge in [-0.15, -0.1) is 0 Å². The average Bonchev–Trinajstić information content (AvgIpc) is 2.87. The van der Waals surface area contributed by atoms with Crippen molar-refractivity contribution in [3.05, 3.63) is 40.3 Å². The Labute approximate surface area is 115 Å². The van der Waals surface area contributed by atoms with Crippen LogP contribution in [-0.4, -0.2) is 21.1 Å². The largest absolute Gasteiger partial charge is 0.339 e. The number of benzene rings is 1. The number of nitrogens with zero attached hydrogens (tertiary/aromatic N) is 3. The topological polar surface area (TPSA) is 108 Å². The summed E-state index contributed by atoms with van der Waals surface area (Å²) in [4.78, 5) is 14.4. The summed E-state index contributed by atoms with van der Waals surface area (Å²) >= 11 is 0. The number of hydrogen-bond donors (Lipinski definition) is 1. The fraction of sp³-hybridized carbons (Fsp3) is 0.385. The van der Waals surface area contributed by atoms with E-state index in [1.165, 1.54) is 12.1 Å². The zero-order chi connectivity index (χ0) is 14.5. The van der Waals surface area contributed by atoms with Gasteiger partial charge in [0.05, 0.1) is 4.92 Å². The number of aromatic nitrogens is 2. The molecular formula is C13H16N4O3. The average molecular weight is 276 g/mol. The maximum Gasteiger partial charge on any atom is 0.269 e. The monoisotopic (exact) mass is 276 g/mol. The standard InChI is InChI=1S/C13H16N4O3/c1-2-3-10(14)8-12-15-13(16-20-12)9-4-6-11(7-5-9)17(18)19/h4-7,10H,2-3,8,14H2,1H3. The molecular weight excluding hydrogens is 260 g/mol. The van der Waals surface area contributed by atoms with Gasteiger partial charge in [0, 0.05) is 30.2 Å². The third-order valence-electron chi connectivity index (χ3n) is 2.90. The quantitative estimate of drug-likeness (QED) is 0.640. The van der Waals surface area contributed by atoms with Crippen LogP contribution in [-0.2, 0) is 6.42 Å². The van der Waals surface area contributed by atoms with Crippen LogP contribution in [0.1, 0.15) is 25.7 Å². The molecule has 1 aromatic carbocycles. The molecule has 1 aromatic heterocycles. The summed E-state index contributed by atoms with van der Waals surface area (Å²) < 4.78 is 5.14. The second kappa shape index (κ2) is 6.25. The fourth-order valence-corrected chi connectivity index (χ4v) is 1.88. The summed E-state index contributed by atoms with van der Waals surface area (Å²) in [5, 5.41) is 14.4. The van der Waals surface area contributed by atoms with Crippen LogP contribution in [0.25, 0.3) is 11.4 Å². The molecule has 0 saturated heterocycles. The Balaban J connectivity index is 2.10. The van der Waals surface area contributed by atoms with Gasteiger partial charge in [0.15, 0.2) is 0 Å². The number of non-ortho nitro benzene ring substituents is 1. The van der Waals surface area contributed by atoms with Gasteiger partial charge in [-0.2, -0.15) is 4.98 Å². The molecule has 1 heterocycles. The summed E-state index contributed by atoms with van der Waals surface area (Å²) in [6, 6.07) is 6.02. The summed E-state index contributed by atoms with van der Waals surface area (Å²) in [5.41, 5.74) is 6.62. The molecule has 2 rings (SSSR count).